The van der Waals surface area contributed by atoms with Crippen molar-refractivity contribution in [1.29, 1.82) is 0 Å². The van der Waals surface area contributed by atoms with E-state index < -0.39 is 6.61 Å². The van der Waals surface area contributed by atoms with Crippen molar-refractivity contribution < 1.29 is 13.5 Å². The lowest BCUT2D eigenvalue weighted by Gasteiger charge is -2.38. The van der Waals surface area contributed by atoms with Crippen LogP contribution in [-0.4, -0.2) is 11.6 Å². The molecular weight excluding hydrogens is 202 g/mol. The van der Waals surface area contributed by atoms with Crippen molar-refractivity contribution >= 4 is 0 Å². The van der Waals surface area contributed by atoms with Crippen molar-refractivity contribution in [3.8, 4) is 5.88 Å². The number of aromatic nitrogens is 1. The number of ether oxygens (including phenoxy) is 1. The van der Waals surface area contributed by atoms with Crippen molar-refractivity contribution in [2.75, 3.05) is 0 Å². The number of nitrogens with two attached hydrogens (primary N) is 1. The molecular formula is C10H12F2N2O. The first kappa shape index (κ1) is 10.3. The highest BCUT2D eigenvalue weighted by molar-refractivity contribution is 5.29. The van der Waals surface area contributed by atoms with E-state index in [0.717, 1.165) is 24.8 Å². The van der Waals surface area contributed by atoms with Gasteiger partial charge < -0.3 is 10.5 Å². The van der Waals surface area contributed by atoms with Crippen LogP contribution >= 0.6 is 0 Å². The van der Waals surface area contributed by atoms with Crippen LogP contribution in [0, 0.1) is 0 Å². The molecule has 0 atom stereocenters. The monoisotopic (exact) mass is 214 g/mol. The molecule has 0 unspecified atom stereocenters. The molecule has 1 aromatic rings. The molecule has 0 saturated heterocycles. The fraction of sp³-hybridized carbons (Fsp3) is 0.500. The van der Waals surface area contributed by atoms with Crippen molar-refractivity contribution in [2.45, 2.75) is 31.4 Å². The lowest BCUT2D eigenvalue weighted by atomic mass is 9.73. The molecule has 2 N–H and O–H groups in total. The molecule has 2 rings (SSSR count). The van der Waals surface area contributed by atoms with Crippen LogP contribution in [0.1, 0.15) is 24.8 Å². The molecule has 0 aromatic carbocycles. The van der Waals surface area contributed by atoms with E-state index in [-0.39, 0.29) is 11.4 Å². The molecule has 1 fully saturated rings. The SMILES string of the molecule is NC1(c2ccnc(OC(F)F)c2)CCC1. The van der Waals surface area contributed by atoms with E-state index in [9.17, 15) is 8.78 Å². The number of nitrogens with zero attached hydrogens (tertiary/aromatic N) is 1. The topological polar surface area (TPSA) is 48.1 Å². The van der Waals surface area contributed by atoms with Gasteiger partial charge in [0.05, 0.1) is 0 Å². The Labute approximate surface area is 86.3 Å². The Bertz CT molecular complexity index is 353. The predicted molar refractivity (Wildman–Crippen MR) is 50.6 cm³/mol. The summed E-state index contributed by atoms with van der Waals surface area (Å²) >= 11 is 0. The zero-order chi connectivity index (χ0) is 10.9. The summed E-state index contributed by atoms with van der Waals surface area (Å²) in [4.78, 5) is 3.69. The quantitative estimate of drug-likeness (QED) is 0.837. The molecule has 0 spiro atoms. The summed E-state index contributed by atoms with van der Waals surface area (Å²) in [6.45, 7) is -2.84. The van der Waals surface area contributed by atoms with Gasteiger partial charge in [0.15, 0.2) is 0 Å². The first-order valence-corrected chi connectivity index (χ1v) is 4.80. The Hall–Kier alpha value is -1.23. The Balaban J connectivity index is 2.19. The van der Waals surface area contributed by atoms with Gasteiger partial charge in [0.1, 0.15) is 0 Å². The maximum atomic E-state index is 12.0. The van der Waals surface area contributed by atoms with E-state index in [2.05, 4.69) is 9.72 Å². The van der Waals surface area contributed by atoms with E-state index in [0.29, 0.717) is 0 Å². The van der Waals surface area contributed by atoms with Crippen LogP contribution in [0.15, 0.2) is 18.3 Å². The standard InChI is InChI=1S/C10H12F2N2O/c11-9(12)15-8-6-7(2-5-14-8)10(13)3-1-4-10/h2,5-6,9H,1,3-4,13H2. The van der Waals surface area contributed by atoms with E-state index in [4.69, 9.17) is 5.73 Å². The molecule has 1 aromatic heterocycles. The average Bonchev–Trinajstić information content (AvgIpc) is 2.13. The second-order valence-corrected chi connectivity index (χ2v) is 3.77. The van der Waals surface area contributed by atoms with Crippen molar-refractivity contribution in [2.24, 2.45) is 5.73 Å². The molecule has 1 saturated carbocycles. The van der Waals surface area contributed by atoms with E-state index in [1.807, 2.05) is 0 Å². The molecule has 0 bridgehead atoms. The second kappa shape index (κ2) is 3.73. The number of hydrogen-bond donors (Lipinski definition) is 1. The smallest absolute Gasteiger partial charge is 0.388 e. The molecule has 3 nitrogen and oxygen atoms in total. The van der Waals surface area contributed by atoms with Gasteiger partial charge in [-0.2, -0.15) is 8.78 Å². The molecule has 1 aliphatic carbocycles. The van der Waals surface area contributed by atoms with Crippen molar-refractivity contribution in [3.63, 3.8) is 0 Å². The molecule has 0 radical (unpaired) electrons. The molecule has 1 aliphatic rings. The van der Waals surface area contributed by atoms with Crippen LogP contribution in [0.25, 0.3) is 0 Å². The van der Waals surface area contributed by atoms with Crippen LogP contribution in [-0.2, 0) is 5.54 Å². The summed E-state index contributed by atoms with van der Waals surface area (Å²) < 4.78 is 28.1. The van der Waals surface area contributed by atoms with Gasteiger partial charge in [-0.05, 0) is 30.9 Å². The third-order valence-corrected chi connectivity index (χ3v) is 2.77. The lowest BCUT2D eigenvalue weighted by Crippen LogP contribution is -2.43. The van der Waals surface area contributed by atoms with E-state index in [1.165, 1.54) is 12.3 Å². The zero-order valence-electron chi connectivity index (χ0n) is 8.12. The Morgan fingerprint density at radius 2 is 2.20 bits per heavy atom. The number of halogens is 2. The Kier molecular flexibility index (Phi) is 2.56. The highest BCUT2D eigenvalue weighted by Crippen LogP contribution is 2.39. The average molecular weight is 214 g/mol. The van der Waals surface area contributed by atoms with Gasteiger partial charge in [-0.15, -0.1) is 0 Å². The number of alkyl halides is 2. The van der Waals surface area contributed by atoms with E-state index in [1.54, 1.807) is 6.07 Å². The van der Waals surface area contributed by atoms with Gasteiger partial charge in [-0.3, -0.25) is 0 Å². The molecule has 15 heavy (non-hydrogen) atoms. The molecule has 0 aliphatic heterocycles. The maximum Gasteiger partial charge on any atom is 0.388 e. The summed E-state index contributed by atoms with van der Waals surface area (Å²) in [5, 5.41) is 0. The maximum absolute atomic E-state index is 12.0. The van der Waals surface area contributed by atoms with Crippen LogP contribution < -0.4 is 10.5 Å². The Morgan fingerprint density at radius 1 is 1.47 bits per heavy atom. The number of rotatable bonds is 3. The summed E-state index contributed by atoms with van der Waals surface area (Å²) in [5.41, 5.74) is 6.50. The van der Waals surface area contributed by atoms with Crippen LogP contribution in [0.2, 0.25) is 0 Å². The first-order chi connectivity index (χ1) is 7.10. The molecule has 0 amide bonds. The highest BCUT2D eigenvalue weighted by atomic mass is 19.3. The van der Waals surface area contributed by atoms with Gasteiger partial charge in [0.2, 0.25) is 5.88 Å². The largest absolute Gasteiger partial charge is 0.417 e. The van der Waals surface area contributed by atoms with Gasteiger partial charge in [-0.1, -0.05) is 0 Å². The fourth-order valence-corrected chi connectivity index (χ4v) is 1.72. The van der Waals surface area contributed by atoms with Crippen LogP contribution in [0.5, 0.6) is 5.88 Å². The first-order valence-electron chi connectivity index (χ1n) is 4.80. The third-order valence-electron chi connectivity index (χ3n) is 2.77. The minimum atomic E-state index is -2.84. The second-order valence-electron chi connectivity index (χ2n) is 3.77. The van der Waals surface area contributed by atoms with Gasteiger partial charge in [0.25, 0.3) is 0 Å². The summed E-state index contributed by atoms with van der Waals surface area (Å²) in [5.74, 6) is -0.0702. The minimum Gasteiger partial charge on any atom is -0.417 e. The lowest BCUT2D eigenvalue weighted by molar-refractivity contribution is -0.0529. The summed E-state index contributed by atoms with van der Waals surface area (Å²) in [6.07, 6.45) is 4.28. The minimum absolute atomic E-state index is 0.0702. The fourth-order valence-electron chi connectivity index (χ4n) is 1.72. The number of hydrogen-bond acceptors (Lipinski definition) is 3. The van der Waals surface area contributed by atoms with Crippen LogP contribution in [0.4, 0.5) is 8.78 Å². The molecule has 5 heteroatoms. The van der Waals surface area contributed by atoms with Crippen LogP contribution in [0.3, 0.4) is 0 Å². The Morgan fingerprint density at radius 3 is 2.73 bits per heavy atom. The normalized spacial score (nSPS) is 18.7. The third kappa shape index (κ3) is 2.07. The summed E-state index contributed by atoms with van der Waals surface area (Å²) in [7, 11) is 0. The van der Waals surface area contributed by atoms with E-state index >= 15 is 0 Å². The van der Waals surface area contributed by atoms with Gasteiger partial charge >= 0.3 is 6.61 Å². The van der Waals surface area contributed by atoms with Gasteiger partial charge in [0, 0.05) is 17.8 Å². The highest BCUT2D eigenvalue weighted by Gasteiger charge is 2.34. The zero-order valence-corrected chi connectivity index (χ0v) is 8.12. The predicted octanol–water partition coefficient (Wildman–Crippen LogP) is 2.02. The number of pyridine rings is 1. The molecule has 82 valence electrons. The van der Waals surface area contributed by atoms with Crippen molar-refractivity contribution in [3.05, 3.63) is 23.9 Å². The summed E-state index contributed by atoms with van der Waals surface area (Å²) in [6, 6.07) is 3.24. The van der Waals surface area contributed by atoms with Crippen molar-refractivity contribution in [1.82, 2.24) is 4.98 Å². The molecule has 1 heterocycles. The van der Waals surface area contributed by atoms with Gasteiger partial charge in [-0.25, -0.2) is 4.98 Å².